The predicted molar refractivity (Wildman–Crippen MR) is 97.7 cm³/mol. The van der Waals surface area contributed by atoms with Crippen LogP contribution in [-0.2, 0) is 13.1 Å². The van der Waals surface area contributed by atoms with Crippen LogP contribution in [0.5, 0.6) is 0 Å². The molecule has 0 bridgehead atoms. The molecule has 0 aromatic carbocycles. The number of rotatable bonds is 7. The summed E-state index contributed by atoms with van der Waals surface area (Å²) in [5.41, 5.74) is 1.04. The smallest absolute Gasteiger partial charge is 0.318 e. The quantitative estimate of drug-likeness (QED) is 0.715. The van der Waals surface area contributed by atoms with Crippen molar-refractivity contribution in [3.8, 4) is 11.4 Å². The van der Waals surface area contributed by atoms with Gasteiger partial charge < -0.3 is 4.57 Å². The second kappa shape index (κ2) is 7.46. The van der Waals surface area contributed by atoms with Gasteiger partial charge in [-0.05, 0) is 25.0 Å². The first kappa shape index (κ1) is 17.1. The topological polar surface area (TPSA) is 85.6 Å². The molecule has 0 spiro atoms. The zero-order valence-electron chi connectivity index (χ0n) is 14.7. The van der Waals surface area contributed by atoms with Gasteiger partial charge in [0.2, 0.25) is 0 Å². The molecule has 0 atom stereocenters. The van der Waals surface area contributed by atoms with Crippen molar-refractivity contribution in [1.82, 2.24) is 24.1 Å². The van der Waals surface area contributed by atoms with E-state index in [1.165, 1.54) is 0 Å². The number of nitrogens with one attached hydrogen (secondary N) is 1. The molecular weight excluding hydrogens is 318 g/mol. The first-order valence-electron chi connectivity index (χ1n) is 8.81. The Hall–Kier alpha value is -2.70. The molecule has 0 radical (unpaired) electrons. The highest BCUT2D eigenvalue weighted by Crippen LogP contribution is 2.22. The highest BCUT2D eigenvalue weighted by molar-refractivity contribution is 5.76. The van der Waals surface area contributed by atoms with Gasteiger partial charge in [-0.2, -0.15) is 0 Å². The van der Waals surface area contributed by atoms with E-state index in [1.54, 1.807) is 17.0 Å². The lowest BCUT2D eigenvalue weighted by Crippen LogP contribution is -2.31. The summed E-state index contributed by atoms with van der Waals surface area (Å²) in [6.07, 6.45) is 7.15. The Kier molecular flexibility index (Phi) is 5.11. The molecule has 0 aliphatic heterocycles. The normalized spacial score (nSPS) is 11.3. The minimum atomic E-state index is -0.396. The van der Waals surface area contributed by atoms with Crippen LogP contribution in [0.15, 0.2) is 34.1 Å². The third-order valence-electron chi connectivity index (χ3n) is 4.29. The molecule has 0 saturated heterocycles. The molecule has 3 aromatic heterocycles. The van der Waals surface area contributed by atoms with E-state index in [1.807, 2.05) is 16.7 Å². The Morgan fingerprint density at radius 3 is 2.28 bits per heavy atom. The third kappa shape index (κ3) is 3.26. The van der Waals surface area contributed by atoms with Gasteiger partial charge in [-0.1, -0.05) is 26.7 Å². The standard InChI is InChI=1S/C18H23N5O2/c1-3-5-11-22-14-16(20-15(22)13-7-9-19-10-8-13)23(12-6-4-2)18(25)21-17(14)24/h7-10H,3-6,11-12H2,1-2H3,(H,21,24,25). The second-order valence-electron chi connectivity index (χ2n) is 6.11. The lowest BCUT2D eigenvalue weighted by atomic mass is 10.2. The molecule has 132 valence electrons. The van der Waals surface area contributed by atoms with Gasteiger partial charge >= 0.3 is 5.69 Å². The number of pyridine rings is 1. The molecule has 3 rings (SSSR count). The van der Waals surface area contributed by atoms with Gasteiger partial charge in [0.1, 0.15) is 5.82 Å². The first-order valence-corrected chi connectivity index (χ1v) is 8.81. The summed E-state index contributed by atoms with van der Waals surface area (Å²) in [7, 11) is 0. The third-order valence-corrected chi connectivity index (χ3v) is 4.29. The molecule has 25 heavy (non-hydrogen) atoms. The van der Waals surface area contributed by atoms with E-state index >= 15 is 0 Å². The van der Waals surface area contributed by atoms with Crippen LogP contribution in [-0.4, -0.2) is 24.1 Å². The zero-order chi connectivity index (χ0) is 17.8. The molecule has 1 N–H and O–H groups in total. The van der Waals surface area contributed by atoms with Crippen molar-refractivity contribution in [2.75, 3.05) is 0 Å². The molecule has 3 heterocycles. The van der Waals surface area contributed by atoms with E-state index < -0.39 is 5.69 Å². The fourth-order valence-corrected chi connectivity index (χ4v) is 2.95. The predicted octanol–water partition coefficient (Wildman–Crippen LogP) is 2.55. The summed E-state index contributed by atoms with van der Waals surface area (Å²) < 4.78 is 3.50. The summed E-state index contributed by atoms with van der Waals surface area (Å²) in [5.74, 6) is 0.701. The van der Waals surface area contributed by atoms with Crippen LogP contribution >= 0.6 is 0 Å². The molecule has 0 saturated carbocycles. The van der Waals surface area contributed by atoms with Crippen molar-refractivity contribution in [2.45, 2.75) is 52.6 Å². The summed E-state index contributed by atoms with van der Waals surface area (Å²) in [4.78, 5) is 36.0. The van der Waals surface area contributed by atoms with E-state index in [0.29, 0.717) is 30.1 Å². The number of nitrogens with zero attached hydrogens (tertiary/aromatic N) is 4. The highest BCUT2D eigenvalue weighted by Gasteiger charge is 2.19. The van der Waals surface area contributed by atoms with Gasteiger partial charge in [0.05, 0.1) is 0 Å². The van der Waals surface area contributed by atoms with Crippen molar-refractivity contribution in [3.05, 3.63) is 45.4 Å². The fourth-order valence-electron chi connectivity index (χ4n) is 2.95. The van der Waals surface area contributed by atoms with E-state index in [9.17, 15) is 9.59 Å². The molecule has 0 amide bonds. The van der Waals surface area contributed by atoms with Crippen LogP contribution in [0.1, 0.15) is 39.5 Å². The first-order chi connectivity index (χ1) is 12.2. The summed E-state index contributed by atoms with van der Waals surface area (Å²) in [6.45, 7) is 5.39. The van der Waals surface area contributed by atoms with Gasteiger partial charge in [0.15, 0.2) is 11.2 Å². The second-order valence-corrected chi connectivity index (χ2v) is 6.11. The van der Waals surface area contributed by atoms with Crippen LogP contribution in [0, 0.1) is 0 Å². The van der Waals surface area contributed by atoms with Crippen molar-refractivity contribution in [3.63, 3.8) is 0 Å². The Balaban J connectivity index is 2.30. The van der Waals surface area contributed by atoms with E-state index in [-0.39, 0.29) is 5.56 Å². The Bertz CT molecular complexity index is 969. The zero-order valence-corrected chi connectivity index (χ0v) is 14.7. The molecule has 0 unspecified atom stereocenters. The number of aromatic amines is 1. The number of aryl methyl sites for hydroxylation is 2. The summed E-state index contributed by atoms with van der Waals surface area (Å²) >= 11 is 0. The van der Waals surface area contributed by atoms with Gasteiger partial charge in [-0.3, -0.25) is 19.3 Å². The minimum absolute atomic E-state index is 0.378. The number of aromatic nitrogens is 5. The van der Waals surface area contributed by atoms with Crippen LogP contribution in [0.2, 0.25) is 0 Å². The Morgan fingerprint density at radius 1 is 1.00 bits per heavy atom. The van der Waals surface area contributed by atoms with Gasteiger partial charge in [-0.25, -0.2) is 9.78 Å². The van der Waals surface area contributed by atoms with E-state index in [0.717, 1.165) is 31.2 Å². The van der Waals surface area contributed by atoms with Gasteiger partial charge in [0, 0.05) is 31.0 Å². The van der Waals surface area contributed by atoms with Crippen LogP contribution in [0.25, 0.3) is 22.6 Å². The van der Waals surface area contributed by atoms with E-state index in [2.05, 4.69) is 28.8 Å². The number of unbranched alkanes of at least 4 members (excludes halogenated alkanes) is 2. The van der Waals surface area contributed by atoms with E-state index in [4.69, 9.17) is 0 Å². The maximum atomic E-state index is 12.5. The molecule has 7 nitrogen and oxygen atoms in total. The number of hydrogen-bond donors (Lipinski definition) is 1. The number of fused-ring (bicyclic) bond motifs is 1. The molecular formula is C18H23N5O2. The monoisotopic (exact) mass is 341 g/mol. The molecule has 0 fully saturated rings. The van der Waals surface area contributed by atoms with Crippen molar-refractivity contribution < 1.29 is 0 Å². The maximum absolute atomic E-state index is 12.5. The van der Waals surface area contributed by atoms with Gasteiger partial charge in [0.25, 0.3) is 5.56 Å². The Labute approximate surface area is 145 Å². The maximum Gasteiger partial charge on any atom is 0.330 e. The summed E-state index contributed by atoms with van der Waals surface area (Å²) in [5, 5.41) is 0. The van der Waals surface area contributed by atoms with Gasteiger partial charge in [-0.15, -0.1) is 0 Å². The van der Waals surface area contributed by atoms with Crippen molar-refractivity contribution in [1.29, 1.82) is 0 Å². The average molecular weight is 341 g/mol. The molecule has 7 heteroatoms. The van der Waals surface area contributed by atoms with Crippen LogP contribution in [0.3, 0.4) is 0 Å². The van der Waals surface area contributed by atoms with Crippen LogP contribution in [0.4, 0.5) is 0 Å². The number of hydrogen-bond acceptors (Lipinski definition) is 4. The minimum Gasteiger partial charge on any atom is -0.318 e. The lowest BCUT2D eigenvalue weighted by molar-refractivity contribution is 0.611. The SMILES string of the molecule is CCCCn1c(-c2ccncc2)nc2c1c(=O)[nH]c(=O)n2CCCC. The molecule has 0 aliphatic carbocycles. The number of H-pyrrole nitrogens is 1. The highest BCUT2D eigenvalue weighted by atomic mass is 16.2. The molecule has 3 aromatic rings. The van der Waals surface area contributed by atoms with Crippen molar-refractivity contribution in [2.24, 2.45) is 0 Å². The van der Waals surface area contributed by atoms with Crippen LogP contribution < -0.4 is 11.2 Å². The van der Waals surface area contributed by atoms with Crippen molar-refractivity contribution >= 4 is 11.2 Å². The summed E-state index contributed by atoms with van der Waals surface area (Å²) in [6, 6.07) is 3.73. The fraction of sp³-hybridized carbons (Fsp3) is 0.444. The Morgan fingerprint density at radius 2 is 1.64 bits per heavy atom. The lowest BCUT2D eigenvalue weighted by Gasteiger charge is -2.08. The molecule has 0 aliphatic rings. The number of imidazole rings is 1. The average Bonchev–Trinajstić information content (AvgIpc) is 3.00. The largest absolute Gasteiger partial charge is 0.330 e.